The number of hydrogen-bond donors (Lipinski definition) is 0. The highest BCUT2D eigenvalue weighted by atomic mass is 19.3. The van der Waals surface area contributed by atoms with Crippen molar-refractivity contribution in [3.63, 3.8) is 0 Å². The highest BCUT2D eigenvalue weighted by Crippen LogP contribution is 2.40. The number of ether oxygens (including phenoxy) is 2. The number of rotatable bonds is 7. The first-order chi connectivity index (χ1) is 19.4. The molecule has 1 atom stereocenters. The highest BCUT2D eigenvalue weighted by Gasteiger charge is 2.38. The van der Waals surface area contributed by atoms with Gasteiger partial charge in [-0.1, -0.05) is 0 Å². The minimum absolute atomic E-state index is 0.0808. The Morgan fingerprint density at radius 1 is 0.902 bits per heavy atom. The summed E-state index contributed by atoms with van der Waals surface area (Å²) in [6.45, 7) is 1.48. The molecule has 2 aliphatic rings. The van der Waals surface area contributed by atoms with Gasteiger partial charge in [-0.15, -0.1) is 0 Å². The number of esters is 1. The fourth-order valence-corrected chi connectivity index (χ4v) is 6.17. The zero-order valence-electron chi connectivity index (χ0n) is 22.0. The van der Waals surface area contributed by atoms with Crippen molar-refractivity contribution in [2.24, 2.45) is 5.92 Å². The average Bonchev–Trinajstić information content (AvgIpc) is 3.20. The monoisotopic (exact) mass is 590 g/mol. The topological polar surface area (TPSA) is 43.7 Å². The lowest BCUT2D eigenvalue weighted by molar-refractivity contribution is -0.202. The van der Waals surface area contributed by atoms with Gasteiger partial charge in [0.05, 0.1) is 17.2 Å². The molecule has 0 bridgehead atoms. The lowest BCUT2D eigenvalue weighted by Crippen LogP contribution is -2.57. The molecule has 222 valence electrons. The van der Waals surface area contributed by atoms with Crippen LogP contribution in [0.2, 0.25) is 0 Å². The third-order valence-corrected chi connectivity index (χ3v) is 8.30. The molecule has 1 aromatic heterocycles. The molecule has 0 N–H and O–H groups in total. The average molecular weight is 591 g/mol. The quantitative estimate of drug-likeness (QED) is 0.0973. The number of hydrogen-bond acceptors (Lipinski definition) is 4. The minimum Gasteiger partial charge on any atom is -0.416 e. The van der Waals surface area contributed by atoms with Gasteiger partial charge in [-0.05, 0) is 63.6 Å². The Hall–Kier alpha value is -3.19. The summed E-state index contributed by atoms with van der Waals surface area (Å²) < 4.78 is 119. The summed E-state index contributed by atoms with van der Waals surface area (Å²) in [6, 6.07) is 3.50. The number of likely N-dealkylation sites (tertiary alicyclic amines) is 1. The number of fused-ring (bicyclic) bond motifs is 1. The van der Waals surface area contributed by atoms with Crippen molar-refractivity contribution in [2.45, 2.75) is 64.3 Å². The number of alkyl halides is 2. The zero-order chi connectivity index (χ0) is 29.7. The Labute approximate surface area is 229 Å². The molecular formula is C28H26F8N2O3. The lowest BCUT2D eigenvalue weighted by atomic mass is 9.80. The maximum Gasteiger partial charge on any atom is 0.346 e. The predicted molar refractivity (Wildman–Crippen MR) is 131 cm³/mol. The molecule has 0 amide bonds. The third-order valence-electron chi connectivity index (χ3n) is 8.30. The summed E-state index contributed by atoms with van der Waals surface area (Å²) in [6.07, 6.45) is 2.60. The SMILES string of the molecule is Cc1c(C(=O)Oc2c(F)c(F)c(F)c(F)c2F)c2ccc(F)cc2n1[C@H](C)C1CCC(N2CC(OC(F)F)C2)CC1. The Morgan fingerprint density at radius 3 is 2.07 bits per heavy atom. The van der Waals surface area contributed by atoms with Gasteiger partial charge in [-0.25, -0.2) is 22.4 Å². The number of benzene rings is 2. The molecule has 1 saturated carbocycles. The van der Waals surface area contributed by atoms with Crippen LogP contribution in [-0.4, -0.2) is 47.3 Å². The minimum atomic E-state index is -2.80. The van der Waals surface area contributed by atoms with Gasteiger partial charge in [0.15, 0.2) is 0 Å². The number of nitrogens with zero attached hydrogens (tertiary/aromatic N) is 2. The van der Waals surface area contributed by atoms with E-state index in [2.05, 4.69) is 9.64 Å². The van der Waals surface area contributed by atoms with E-state index in [1.165, 1.54) is 19.1 Å². The molecule has 0 radical (unpaired) electrons. The molecule has 2 heterocycles. The molecule has 1 saturated heterocycles. The van der Waals surface area contributed by atoms with Crippen LogP contribution in [0, 0.1) is 47.7 Å². The fraction of sp³-hybridized carbons (Fsp3) is 0.464. The van der Waals surface area contributed by atoms with Gasteiger partial charge in [0.1, 0.15) is 5.82 Å². The van der Waals surface area contributed by atoms with Crippen LogP contribution in [-0.2, 0) is 4.74 Å². The van der Waals surface area contributed by atoms with Crippen molar-refractivity contribution in [2.75, 3.05) is 13.1 Å². The number of aromatic nitrogens is 1. The van der Waals surface area contributed by atoms with E-state index in [1.807, 2.05) is 6.92 Å². The fourth-order valence-electron chi connectivity index (χ4n) is 6.17. The second kappa shape index (κ2) is 11.2. The van der Waals surface area contributed by atoms with E-state index in [0.717, 1.165) is 31.7 Å². The van der Waals surface area contributed by atoms with Crippen LogP contribution in [0.4, 0.5) is 35.1 Å². The van der Waals surface area contributed by atoms with Gasteiger partial charge < -0.3 is 14.0 Å². The van der Waals surface area contributed by atoms with Gasteiger partial charge in [0, 0.05) is 36.3 Å². The van der Waals surface area contributed by atoms with Crippen LogP contribution in [0.5, 0.6) is 5.75 Å². The van der Waals surface area contributed by atoms with E-state index in [4.69, 9.17) is 4.74 Å². The van der Waals surface area contributed by atoms with Crippen molar-refractivity contribution in [3.8, 4) is 5.75 Å². The predicted octanol–water partition coefficient (Wildman–Crippen LogP) is 7.05. The summed E-state index contributed by atoms with van der Waals surface area (Å²) in [4.78, 5) is 15.2. The first-order valence-electron chi connectivity index (χ1n) is 13.1. The summed E-state index contributed by atoms with van der Waals surface area (Å²) in [5.41, 5.74) is 0.371. The largest absolute Gasteiger partial charge is 0.416 e. The maximum atomic E-state index is 14.3. The molecule has 0 unspecified atom stereocenters. The first kappa shape index (κ1) is 29.3. The van der Waals surface area contributed by atoms with Crippen molar-refractivity contribution < 1.29 is 49.4 Å². The Morgan fingerprint density at radius 2 is 1.49 bits per heavy atom. The lowest BCUT2D eigenvalue weighted by Gasteiger charge is -2.46. The van der Waals surface area contributed by atoms with Crippen molar-refractivity contribution >= 4 is 16.9 Å². The molecule has 5 rings (SSSR count). The first-order valence-corrected chi connectivity index (χ1v) is 13.1. The molecule has 1 aliphatic carbocycles. The number of carbonyl (C=O) groups is 1. The van der Waals surface area contributed by atoms with Crippen LogP contribution in [0.15, 0.2) is 18.2 Å². The molecule has 2 fully saturated rings. The van der Waals surface area contributed by atoms with Crippen molar-refractivity contribution in [3.05, 3.63) is 64.4 Å². The molecule has 2 aromatic carbocycles. The Kier molecular flexibility index (Phi) is 8.03. The van der Waals surface area contributed by atoms with Crippen LogP contribution < -0.4 is 4.74 Å². The molecule has 13 heteroatoms. The Bertz CT molecular complexity index is 1450. The maximum absolute atomic E-state index is 14.3. The summed E-state index contributed by atoms with van der Waals surface area (Å²) >= 11 is 0. The van der Waals surface area contributed by atoms with Gasteiger partial charge in [-0.3, -0.25) is 4.90 Å². The van der Waals surface area contributed by atoms with E-state index >= 15 is 0 Å². The molecular weight excluding hydrogens is 564 g/mol. The smallest absolute Gasteiger partial charge is 0.346 e. The van der Waals surface area contributed by atoms with Crippen LogP contribution in [0.3, 0.4) is 0 Å². The third kappa shape index (κ3) is 5.29. The summed E-state index contributed by atoms with van der Waals surface area (Å²) in [5, 5.41) is 0.184. The van der Waals surface area contributed by atoms with E-state index in [0.29, 0.717) is 18.6 Å². The van der Waals surface area contributed by atoms with E-state index in [-0.39, 0.29) is 34.6 Å². The second-order valence-electron chi connectivity index (χ2n) is 10.6. The van der Waals surface area contributed by atoms with Crippen LogP contribution in [0.1, 0.15) is 54.7 Å². The van der Waals surface area contributed by atoms with E-state index in [9.17, 15) is 39.9 Å². The van der Waals surface area contributed by atoms with E-state index < -0.39 is 59.3 Å². The highest BCUT2D eigenvalue weighted by molar-refractivity contribution is 6.06. The normalized spacial score (nSPS) is 21.0. The van der Waals surface area contributed by atoms with Gasteiger partial charge >= 0.3 is 12.6 Å². The van der Waals surface area contributed by atoms with Gasteiger partial charge in [-0.2, -0.15) is 17.6 Å². The van der Waals surface area contributed by atoms with Crippen molar-refractivity contribution in [1.29, 1.82) is 0 Å². The zero-order valence-corrected chi connectivity index (χ0v) is 22.0. The van der Waals surface area contributed by atoms with Crippen LogP contribution in [0.25, 0.3) is 10.9 Å². The molecule has 41 heavy (non-hydrogen) atoms. The standard InChI is InChI=1S/C28H26F8N2O3/c1-12(14-3-6-16(7-4-14)37-10-17(11-37)40-28(35)36)38-13(2)20(18-8-5-15(29)9-19(18)38)27(39)41-26-24(33)22(31)21(30)23(32)25(26)34/h5,8-9,12,14,16-17,28H,3-4,6-7,10-11H2,1-2H3/t12-,14?,16?/m1/s1. The van der Waals surface area contributed by atoms with Crippen molar-refractivity contribution in [1.82, 2.24) is 9.47 Å². The van der Waals surface area contributed by atoms with E-state index in [1.54, 1.807) is 4.57 Å². The molecule has 0 spiro atoms. The molecule has 5 nitrogen and oxygen atoms in total. The summed E-state index contributed by atoms with van der Waals surface area (Å²) in [5.74, 6) is -15.1. The Balaban J connectivity index is 1.39. The summed E-state index contributed by atoms with van der Waals surface area (Å²) in [7, 11) is 0. The van der Waals surface area contributed by atoms with Crippen LogP contribution >= 0.6 is 0 Å². The van der Waals surface area contributed by atoms with Gasteiger partial charge in [0.25, 0.3) is 0 Å². The van der Waals surface area contributed by atoms with Gasteiger partial charge in [0.2, 0.25) is 34.8 Å². The second-order valence-corrected chi connectivity index (χ2v) is 10.6. The number of halogens is 8. The molecule has 3 aromatic rings. The number of carbonyl (C=O) groups excluding carboxylic acids is 1. The molecule has 1 aliphatic heterocycles.